The second-order valence-electron chi connectivity index (χ2n) is 36.1. The first kappa shape index (κ1) is 130. The van der Waals surface area contributed by atoms with Crippen molar-refractivity contribution < 1.29 is 53.7 Å². The maximum Gasteiger partial charge on any atom is 0.297 e. The van der Waals surface area contributed by atoms with Crippen molar-refractivity contribution >= 4 is 43.4 Å². The molecular formula is C95H143F3N18O9SSi4. The Morgan fingerprint density at radius 2 is 0.746 bits per heavy atom. The van der Waals surface area contributed by atoms with Gasteiger partial charge in [0.1, 0.15) is 31.2 Å². The molecule has 35 heteroatoms. The highest BCUT2D eigenvalue weighted by atomic mass is 32.2. The zero-order valence-electron chi connectivity index (χ0n) is 82.4. The Balaban J connectivity index is -0.000000339. The molecule has 2 aromatic heterocycles. The Bertz CT molecular complexity index is 4620. The molecule has 0 amide bonds. The minimum atomic E-state index is -3.74. The largest absolute Gasteiger partial charge is 0.416 e. The van der Waals surface area contributed by atoms with Crippen LogP contribution >= 0.6 is 0 Å². The van der Waals surface area contributed by atoms with Crippen molar-refractivity contribution in [2.45, 2.75) is 305 Å². The van der Waals surface area contributed by atoms with Crippen molar-refractivity contribution in [2.75, 3.05) is 66.3 Å². The van der Waals surface area contributed by atoms with E-state index in [1.807, 2.05) is 75.4 Å². The minimum absolute atomic E-state index is 0.0167. The fraction of sp³-hybridized carbons (Fsp3) is 0.642. The molecule has 710 valence electrons. The van der Waals surface area contributed by atoms with Gasteiger partial charge in [-0.05, 0) is 166 Å². The number of alkyl halides is 3. The van der Waals surface area contributed by atoms with E-state index < -0.39 is 89.7 Å². The van der Waals surface area contributed by atoms with Crippen LogP contribution in [-0.2, 0) is 37.4 Å². The number of aliphatic hydroxyl groups excluding tert-OH is 2. The first-order valence-corrected chi connectivity index (χ1v) is 55.3. The Morgan fingerprint density at radius 3 is 1.02 bits per heavy atom. The topological polar surface area (TPSA) is 468 Å². The zero-order valence-corrected chi connectivity index (χ0v) is 87.2. The Hall–Kier alpha value is -10.6. The molecule has 0 bridgehead atoms. The molecule has 0 atom stereocenters. The van der Waals surface area contributed by atoms with Crippen LogP contribution in [-0.4, -0.2) is 159 Å². The fourth-order valence-electron chi connectivity index (χ4n) is 7.20. The van der Waals surface area contributed by atoms with E-state index in [0.717, 1.165) is 18.6 Å². The molecule has 27 nitrogen and oxygen atoms in total. The van der Waals surface area contributed by atoms with Crippen LogP contribution in [0.5, 0.6) is 0 Å². The molecule has 0 aliphatic carbocycles. The third kappa shape index (κ3) is 61.1. The summed E-state index contributed by atoms with van der Waals surface area (Å²) in [6.45, 7) is 59.1. The van der Waals surface area contributed by atoms with Crippen LogP contribution in [0.1, 0.15) is 232 Å². The summed E-state index contributed by atoms with van der Waals surface area (Å²) in [5, 5.41) is 130. The fourth-order valence-corrected chi connectivity index (χ4v) is 12.2. The van der Waals surface area contributed by atoms with Crippen LogP contribution < -0.4 is 0 Å². The number of H-pyrrole nitrogens is 2. The van der Waals surface area contributed by atoms with Crippen molar-refractivity contribution in [1.82, 2.24) is 41.2 Å². The smallest absolute Gasteiger partial charge is 0.297 e. The van der Waals surface area contributed by atoms with Crippen molar-refractivity contribution in [1.29, 1.82) is 52.6 Å². The minimum Gasteiger partial charge on any atom is -0.416 e. The summed E-state index contributed by atoms with van der Waals surface area (Å²) in [6, 6.07) is 25.2. The standard InChI is InChI=1S/C18H28O4SSi.C15H24N2OSi.C11H22O2Si.C11H22OSi.C9H13FN8.C9H11FN2.C9H9FN2.C9H10N2O.C4H4N2/c1-16-10-12-17(13-11-16)23(19,20)21-14-8-7-9-15-22-24(5,6)18(2,3)4;1-14(2,3)19(5,6)18-11-9-7-8-10-15(4,12-16)13-17;1-11(2,3)14(4,5)13-10-8-6-7-9-12;1-7-8-9-10-12-13(5,6)11(2,3)4;1-9(5-3-2-4-6-10,7-11-15-16-12-7)8-13-17-18-14-8;2*1-9(7-11,8-12)5-3-2-4-6-10;1-9(7-10,8-11)5-3-2-4-6-12;1-4(2-5)3-6/h10-13H,9,14-15H2,1-6H3;9-11H2,1-6H3;12H,8-10H2,1-5H3;9-10H2,1-6H3;2-3H,4-6H2,1H3,(H,11,12,15,16)(H,13,14,17,18);2-3H,4-6H2,1H3;4-6H2,1H3;12H,4-6H2,1H3;4H,1H3/b;;;;2*3-2+;;;. The van der Waals surface area contributed by atoms with Crippen molar-refractivity contribution in [3.05, 3.63) is 65.8 Å². The number of rotatable bonds is 30. The molecule has 0 radical (unpaired) electrons. The third-order valence-electron chi connectivity index (χ3n) is 20.2. The molecule has 0 aliphatic rings. The second-order valence-corrected chi connectivity index (χ2v) is 56.9. The van der Waals surface area contributed by atoms with Crippen molar-refractivity contribution in [3.8, 4) is 132 Å². The van der Waals surface area contributed by atoms with Gasteiger partial charge in [-0.3, -0.25) is 17.4 Å². The van der Waals surface area contributed by atoms with Gasteiger partial charge in [0.2, 0.25) is 0 Å². The Kier molecular flexibility index (Phi) is 68.6. The number of aryl methyl sites for hydroxylation is 1. The Morgan fingerprint density at radius 1 is 0.431 bits per heavy atom. The lowest BCUT2D eigenvalue weighted by Gasteiger charge is -2.35. The van der Waals surface area contributed by atoms with E-state index in [-0.39, 0.29) is 65.8 Å². The summed E-state index contributed by atoms with van der Waals surface area (Å²) in [5.74, 6) is 33.8. The number of halogens is 3. The lowest BCUT2D eigenvalue weighted by molar-refractivity contribution is 0.296. The SMILES string of the molecule is CC#CCCO[Si](C)(C)C(C)(C)C.CC(C#N)(C#N)C/C=C/CCF.CC(C#N)(C#N)CC#CCCF.CC(C#N)(C#N)CC#CCCO.CC(C#N)(C#N)CC#CCCO[Si](C)(C)C(C)(C)C.CC(C#N)C#N.CC(C)(C)[Si](C)(C)OCCC#CCO.CC(C/C=C/CCF)(c1nn[nH]n1)c1nn[nH]n1.Cc1ccc(S(=O)(=O)OCC#CCCO[Si](C)(C)C(C)(C)C)cc1. The number of aromatic amines is 2. The maximum absolute atomic E-state index is 12.0. The van der Waals surface area contributed by atoms with E-state index in [4.69, 9.17) is 84.7 Å². The molecule has 2 heterocycles. The van der Waals surface area contributed by atoms with Gasteiger partial charge in [-0.2, -0.15) is 71.5 Å². The van der Waals surface area contributed by atoms with Gasteiger partial charge in [0.05, 0.1) is 91.0 Å². The van der Waals surface area contributed by atoms with E-state index in [9.17, 15) is 21.6 Å². The predicted octanol–water partition coefficient (Wildman–Crippen LogP) is 19.7. The van der Waals surface area contributed by atoms with Crippen LogP contribution in [0.15, 0.2) is 53.5 Å². The molecule has 0 saturated heterocycles. The highest BCUT2D eigenvalue weighted by Gasteiger charge is 2.41. The van der Waals surface area contributed by atoms with Gasteiger partial charge in [-0.25, -0.2) is 0 Å². The van der Waals surface area contributed by atoms with Gasteiger partial charge in [-0.15, -0.1) is 67.8 Å². The number of aliphatic hydroxyl groups is 2. The average molecular weight is 1880 g/mol. The van der Waals surface area contributed by atoms with Crippen LogP contribution in [0, 0.1) is 219 Å². The summed E-state index contributed by atoms with van der Waals surface area (Å²) in [4.78, 5) is 0.149. The van der Waals surface area contributed by atoms with Crippen LogP contribution in [0.25, 0.3) is 0 Å². The summed E-state index contributed by atoms with van der Waals surface area (Å²) < 4.78 is 87.8. The second kappa shape index (κ2) is 68.5. The van der Waals surface area contributed by atoms with E-state index in [1.54, 1.807) is 70.2 Å². The molecule has 3 rings (SSSR count). The van der Waals surface area contributed by atoms with E-state index in [2.05, 4.69) is 248 Å². The average Bonchev–Trinajstić information content (AvgIpc) is 1.64. The van der Waals surface area contributed by atoms with Gasteiger partial charge in [0.25, 0.3) is 10.1 Å². The van der Waals surface area contributed by atoms with Crippen LogP contribution in [0.3, 0.4) is 0 Å². The number of nitrogens with one attached hydrogen (secondary N) is 2. The van der Waals surface area contributed by atoms with Gasteiger partial charge in [-0.1, -0.05) is 159 Å². The normalized spacial score (nSPS) is 11.3. The number of hydrogen-bond acceptors (Lipinski definition) is 25. The number of hydrogen-bond donors (Lipinski definition) is 4. The first-order valence-electron chi connectivity index (χ1n) is 42.3. The highest BCUT2D eigenvalue weighted by Crippen LogP contribution is 2.40. The molecule has 0 aliphatic heterocycles. The number of nitriles is 10. The maximum atomic E-state index is 12.0. The Labute approximate surface area is 782 Å². The number of nitrogens with zero attached hydrogens (tertiary/aromatic N) is 16. The predicted molar refractivity (Wildman–Crippen MR) is 512 cm³/mol. The monoisotopic (exact) mass is 1880 g/mol. The highest BCUT2D eigenvalue weighted by molar-refractivity contribution is 7.86. The molecular weight excluding hydrogens is 1740 g/mol. The molecule has 0 spiro atoms. The quantitative estimate of drug-likeness (QED) is 0.0158. The molecule has 0 fully saturated rings. The van der Waals surface area contributed by atoms with Crippen molar-refractivity contribution in [3.63, 3.8) is 0 Å². The lowest BCUT2D eigenvalue weighted by atomic mass is 9.85. The molecule has 0 saturated carbocycles. The first-order chi connectivity index (χ1) is 60.3. The molecule has 4 N–H and O–H groups in total. The number of benzene rings is 1. The van der Waals surface area contributed by atoms with Gasteiger partial charge < -0.3 is 27.9 Å². The van der Waals surface area contributed by atoms with E-state index in [1.165, 1.54) is 19.1 Å². The molecule has 0 unspecified atom stereocenters. The lowest BCUT2D eigenvalue weighted by Crippen LogP contribution is -2.40. The summed E-state index contributed by atoms with van der Waals surface area (Å²) >= 11 is 0. The van der Waals surface area contributed by atoms with E-state index in [0.29, 0.717) is 94.3 Å². The van der Waals surface area contributed by atoms with Crippen molar-refractivity contribution in [2.24, 2.45) is 27.6 Å². The number of aromatic nitrogens is 8. The number of allylic oxidation sites excluding steroid dienone is 4. The van der Waals surface area contributed by atoms with E-state index >= 15 is 0 Å². The van der Waals surface area contributed by atoms with Crippen LogP contribution in [0.2, 0.25) is 72.5 Å². The summed E-state index contributed by atoms with van der Waals surface area (Å²) in [5.41, 5.74) is -3.67. The third-order valence-corrected chi connectivity index (χ3v) is 39.7. The summed E-state index contributed by atoms with van der Waals surface area (Å²) in [7, 11) is -10.3. The van der Waals surface area contributed by atoms with Crippen LogP contribution in [0.4, 0.5) is 13.2 Å². The zero-order chi connectivity index (χ0) is 102. The van der Waals surface area contributed by atoms with Gasteiger partial charge >= 0.3 is 0 Å². The van der Waals surface area contributed by atoms with Gasteiger partial charge in [0.15, 0.2) is 61.2 Å². The van der Waals surface area contributed by atoms with Gasteiger partial charge in [0, 0.05) is 84.2 Å². The molecule has 130 heavy (non-hydrogen) atoms. The molecule has 1 aromatic carbocycles. The summed E-state index contributed by atoms with van der Waals surface area (Å²) in [6.07, 6.45) is 12.6. The molecule has 3 aromatic rings. The number of tetrazole rings is 2.